The molecule has 1 aliphatic heterocycles. The zero-order valence-electron chi connectivity index (χ0n) is 14.7. The summed E-state index contributed by atoms with van der Waals surface area (Å²) in [5, 5.41) is 3.10. The number of benzene rings is 1. The Morgan fingerprint density at radius 1 is 1.17 bits per heavy atom. The molecule has 6 heteroatoms. The number of nitrogens with zero attached hydrogens (tertiary/aromatic N) is 3. The molecular weight excluding hydrogens is 320 g/mol. The minimum Gasteiger partial charge on any atom is -0.378 e. The van der Waals surface area contributed by atoms with Crippen LogP contribution in [0.1, 0.15) is 23.2 Å². The molecule has 2 heterocycles. The minimum absolute atomic E-state index is 0.0898. The van der Waals surface area contributed by atoms with Crippen LogP contribution in [0.25, 0.3) is 0 Å². The second-order valence-corrected chi connectivity index (χ2v) is 7.37. The highest BCUT2D eigenvalue weighted by Crippen LogP contribution is 2.23. The van der Waals surface area contributed by atoms with E-state index in [2.05, 4.69) is 58.5 Å². The van der Waals surface area contributed by atoms with E-state index in [0.717, 1.165) is 28.8 Å². The lowest BCUT2D eigenvalue weighted by molar-refractivity contribution is -0.697. The molecule has 0 spiro atoms. The molecule has 1 aromatic carbocycles. The van der Waals surface area contributed by atoms with Crippen molar-refractivity contribution < 1.29 is 10.1 Å². The van der Waals surface area contributed by atoms with Gasteiger partial charge in [-0.05, 0) is 44.2 Å². The number of hydrogen-bond donors (Lipinski definition) is 1. The van der Waals surface area contributed by atoms with Gasteiger partial charge in [-0.2, -0.15) is 0 Å². The monoisotopic (exact) mass is 345 g/mol. The molecule has 0 unspecified atom stereocenters. The summed E-state index contributed by atoms with van der Waals surface area (Å²) in [7, 11) is 4.10. The molecule has 0 aliphatic carbocycles. The van der Waals surface area contributed by atoms with Gasteiger partial charge in [-0.25, -0.2) is 9.97 Å². The summed E-state index contributed by atoms with van der Waals surface area (Å²) in [5.74, 6) is 0.881. The van der Waals surface area contributed by atoms with Gasteiger partial charge in [0.2, 0.25) is 6.23 Å². The van der Waals surface area contributed by atoms with Gasteiger partial charge in [0.1, 0.15) is 12.6 Å². The molecule has 128 valence electrons. The Kier molecular flexibility index (Phi) is 5.38. The van der Waals surface area contributed by atoms with E-state index in [0.29, 0.717) is 0 Å². The number of quaternary nitrogens is 1. The molecule has 1 aromatic heterocycles. The van der Waals surface area contributed by atoms with Crippen molar-refractivity contribution in [2.24, 2.45) is 0 Å². The summed E-state index contributed by atoms with van der Waals surface area (Å²) < 4.78 is 6.18. The van der Waals surface area contributed by atoms with Gasteiger partial charge in [-0.3, -0.25) is 0 Å². The lowest BCUT2D eigenvalue weighted by Gasteiger charge is -2.14. The van der Waals surface area contributed by atoms with Crippen molar-refractivity contribution in [1.29, 1.82) is 0 Å². The van der Waals surface area contributed by atoms with Gasteiger partial charge in [-0.15, -0.1) is 0 Å². The first-order valence-electron chi connectivity index (χ1n) is 8.22. The van der Waals surface area contributed by atoms with E-state index in [4.69, 9.17) is 4.74 Å². The summed E-state index contributed by atoms with van der Waals surface area (Å²) >= 11 is 1.68. The van der Waals surface area contributed by atoms with E-state index in [1.54, 1.807) is 11.8 Å². The molecule has 24 heavy (non-hydrogen) atoms. The molecule has 5 nitrogen and oxygen atoms in total. The van der Waals surface area contributed by atoms with Crippen molar-refractivity contribution in [2.45, 2.75) is 31.3 Å². The topological polar surface area (TPSA) is 54.9 Å². The second kappa shape index (κ2) is 7.51. The molecule has 1 fully saturated rings. The number of nitrogens with two attached hydrogens (primary N) is 1. The third kappa shape index (κ3) is 4.26. The van der Waals surface area contributed by atoms with Crippen molar-refractivity contribution in [1.82, 2.24) is 9.97 Å². The van der Waals surface area contributed by atoms with Crippen molar-refractivity contribution >= 4 is 17.4 Å². The smallest absolute Gasteiger partial charge is 0.217 e. The Morgan fingerprint density at radius 3 is 2.46 bits per heavy atom. The Bertz CT molecular complexity index is 670. The Labute approximate surface area is 147 Å². The molecule has 0 radical (unpaired) electrons. The van der Waals surface area contributed by atoms with Crippen LogP contribution in [0.4, 0.5) is 5.69 Å². The second-order valence-electron chi connectivity index (χ2n) is 6.38. The maximum absolute atomic E-state index is 6.18. The van der Waals surface area contributed by atoms with Crippen molar-refractivity contribution in [2.75, 3.05) is 31.3 Å². The van der Waals surface area contributed by atoms with Crippen molar-refractivity contribution in [3.05, 3.63) is 47.3 Å². The molecule has 0 bridgehead atoms. The van der Waals surface area contributed by atoms with Crippen LogP contribution in [0.5, 0.6) is 0 Å². The molecule has 0 saturated carbocycles. The first-order valence-corrected chi connectivity index (χ1v) is 9.21. The van der Waals surface area contributed by atoms with Gasteiger partial charge in [0.15, 0.2) is 5.16 Å². The highest BCUT2D eigenvalue weighted by molar-refractivity contribution is 7.99. The Balaban J connectivity index is 1.55. The normalized spacial score (nSPS) is 20.3. The minimum atomic E-state index is 0.0898. The fraction of sp³-hybridized carbons (Fsp3) is 0.444. The third-order valence-electron chi connectivity index (χ3n) is 4.05. The van der Waals surface area contributed by atoms with Crippen LogP contribution in [0.15, 0.2) is 35.5 Å². The molecule has 1 saturated heterocycles. The van der Waals surface area contributed by atoms with E-state index in [9.17, 15) is 0 Å². The maximum atomic E-state index is 6.18. The largest absolute Gasteiger partial charge is 0.378 e. The van der Waals surface area contributed by atoms with Gasteiger partial charge < -0.3 is 15.0 Å². The highest BCUT2D eigenvalue weighted by atomic mass is 32.2. The Morgan fingerprint density at radius 2 is 1.83 bits per heavy atom. The molecule has 0 amide bonds. The van der Waals surface area contributed by atoms with Gasteiger partial charge in [0.05, 0.1) is 0 Å². The van der Waals surface area contributed by atoms with E-state index >= 15 is 0 Å². The molecule has 1 aliphatic rings. The first kappa shape index (κ1) is 17.2. The maximum Gasteiger partial charge on any atom is 0.217 e. The highest BCUT2D eigenvalue weighted by Gasteiger charge is 2.30. The number of aryl methyl sites for hydroxylation is 2. The molecular formula is C18H25N4OS+. The van der Waals surface area contributed by atoms with Crippen molar-refractivity contribution in [3.63, 3.8) is 0 Å². The van der Waals surface area contributed by atoms with Gasteiger partial charge >= 0.3 is 0 Å². The zero-order chi connectivity index (χ0) is 17.1. The summed E-state index contributed by atoms with van der Waals surface area (Å²) in [4.78, 5) is 11.1. The number of rotatable bonds is 5. The van der Waals surface area contributed by atoms with Crippen LogP contribution in [-0.4, -0.2) is 42.5 Å². The van der Waals surface area contributed by atoms with Gasteiger partial charge in [0, 0.05) is 42.5 Å². The number of aromatic nitrogens is 2. The predicted octanol–water partition coefficient (Wildman–Crippen LogP) is 1.91. The van der Waals surface area contributed by atoms with Crippen LogP contribution in [-0.2, 0) is 4.74 Å². The lowest BCUT2D eigenvalue weighted by Crippen LogP contribution is -2.82. The van der Waals surface area contributed by atoms with Gasteiger partial charge in [-0.1, -0.05) is 11.8 Å². The van der Waals surface area contributed by atoms with Crippen LogP contribution in [0, 0.1) is 13.8 Å². The molecule has 2 N–H and O–H groups in total. The number of thioether (sulfide) groups is 1. The fourth-order valence-corrected chi connectivity index (χ4v) is 3.77. The van der Waals surface area contributed by atoms with Crippen LogP contribution in [0.3, 0.4) is 0 Å². The number of hydrogen-bond acceptors (Lipinski definition) is 5. The van der Waals surface area contributed by atoms with Gasteiger partial charge in [0.25, 0.3) is 0 Å². The standard InChI is InChI=1S/C18H24N4OS/c1-12-9-13(2)21-18(20-12)24-11-16-10-19-17(23-16)14-5-7-15(8-6-14)22(3)4/h5-9,16-17,19H,10-11H2,1-4H3/p+1/t16-,17+/m1/s1. The summed E-state index contributed by atoms with van der Waals surface area (Å²) in [6, 6.07) is 10.6. The quantitative estimate of drug-likeness (QED) is 0.663. The summed E-state index contributed by atoms with van der Waals surface area (Å²) in [6.45, 7) is 4.98. The molecule has 3 rings (SSSR count). The van der Waals surface area contributed by atoms with E-state index < -0.39 is 0 Å². The average Bonchev–Trinajstić information content (AvgIpc) is 3.01. The average molecular weight is 345 g/mol. The molecule has 2 aromatic rings. The SMILES string of the molecule is Cc1cc(C)nc(SC[C@H]2C[NH2+][C@H](c3ccc(N(C)C)cc3)O2)n1. The number of ether oxygens (including phenoxy) is 1. The van der Waals surface area contributed by atoms with E-state index in [1.165, 1.54) is 11.3 Å². The van der Waals surface area contributed by atoms with Crippen LogP contribution in [0.2, 0.25) is 0 Å². The van der Waals surface area contributed by atoms with Crippen LogP contribution >= 0.6 is 11.8 Å². The fourth-order valence-electron chi connectivity index (χ4n) is 2.80. The first-order chi connectivity index (χ1) is 11.5. The Hall–Kier alpha value is -1.63. The van der Waals surface area contributed by atoms with E-state index in [-0.39, 0.29) is 12.3 Å². The van der Waals surface area contributed by atoms with E-state index in [1.807, 2.05) is 19.9 Å². The summed E-state index contributed by atoms with van der Waals surface area (Å²) in [6.07, 6.45) is 0.310. The third-order valence-corrected chi connectivity index (χ3v) is 5.03. The number of anilines is 1. The van der Waals surface area contributed by atoms with Crippen molar-refractivity contribution in [3.8, 4) is 0 Å². The summed E-state index contributed by atoms with van der Waals surface area (Å²) in [5.41, 5.74) is 4.46. The predicted molar refractivity (Wildman–Crippen MR) is 97.4 cm³/mol. The lowest BCUT2D eigenvalue weighted by atomic mass is 10.2. The zero-order valence-corrected chi connectivity index (χ0v) is 15.5. The molecule has 2 atom stereocenters. The van der Waals surface area contributed by atoms with Crippen LogP contribution < -0.4 is 10.2 Å².